The van der Waals surface area contributed by atoms with Crippen LogP contribution in [0.1, 0.15) is 10.5 Å². The highest BCUT2D eigenvalue weighted by Crippen LogP contribution is 2.26. The molecule has 5 nitrogen and oxygen atoms in total. The Morgan fingerprint density at radius 3 is 3.00 bits per heavy atom. The van der Waals surface area contributed by atoms with Crippen LogP contribution in [0.3, 0.4) is 0 Å². The molecular formula is C15H11ClN2O3S. The number of esters is 1. The lowest BCUT2D eigenvalue weighted by Gasteiger charge is -2.02. The molecule has 1 aromatic carbocycles. The van der Waals surface area contributed by atoms with E-state index in [4.69, 9.17) is 22.8 Å². The van der Waals surface area contributed by atoms with Crippen LogP contribution < -0.4 is 5.32 Å². The Morgan fingerprint density at radius 2 is 2.27 bits per heavy atom. The smallest absolute Gasteiger partial charge is 0.358 e. The largest absolute Gasteiger partial charge is 0.451 e. The normalized spacial score (nSPS) is 9.82. The number of terminal acetylenes is 1. The van der Waals surface area contributed by atoms with Gasteiger partial charge in [-0.3, -0.25) is 4.79 Å². The Morgan fingerprint density at radius 1 is 1.45 bits per heavy atom. The van der Waals surface area contributed by atoms with Crippen LogP contribution in [-0.4, -0.2) is 30.0 Å². The minimum atomic E-state index is -0.666. The minimum Gasteiger partial charge on any atom is -0.451 e. The van der Waals surface area contributed by atoms with E-state index >= 15 is 0 Å². The van der Waals surface area contributed by atoms with Gasteiger partial charge in [0.1, 0.15) is 5.01 Å². The lowest BCUT2D eigenvalue weighted by molar-refractivity contribution is -0.123. The number of amides is 1. The second kappa shape index (κ2) is 7.59. The summed E-state index contributed by atoms with van der Waals surface area (Å²) in [6, 6.07) is 7.14. The maximum Gasteiger partial charge on any atom is 0.358 e. The summed E-state index contributed by atoms with van der Waals surface area (Å²) >= 11 is 7.21. The molecule has 0 aliphatic heterocycles. The predicted molar refractivity (Wildman–Crippen MR) is 84.7 cm³/mol. The number of nitrogens with zero attached hydrogens (tertiary/aromatic N) is 1. The summed E-state index contributed by atoms with van der Waals surface area (Å²) in [7, 11) is 0. The van der Waals surface area contributed by atoms with Crippen molar-refractivity contribution in [2.24, 2.45) is 0 Å². The molecule has 0 bridgehead atoms. The van der Waals surface area contributed by atoms with Crippen LogP contribution in [0.15, 0.2) is 29.6 Å². The quantitative estimate of drug-likeness (QED) is 0.673. The molecular weight excluding hydrogens is 324 g/mol. The Balaban J connectivity index is 1.98. The van der Waals surface area contributed by atoms with Crippen molar-refractivity contribution in [3.8, 4) is 22.9 Å². The van der Waals surface area contributed by atoms with Crippen LogP contribution in [0.2, 0.25) is 5.02 Å². The molecule has 0 saturated heterocycles. The number of benzene rings is 1. The molecule has 1 heterocycles. The topological polar surface area (TPSA) is 68.3 Å². The maximum absolute atomic E-state index is 11.8. The van der Waals surface area contributed by atoms with E-state index in [9.17, 15) is 9.59 Å². The lowest BCUT2D eigenvalue weighted by Crippen LogP contribution is -2.29. The van der Waals surface area contributed by atoms with Crippen molar-refractivity contribution in [2.45, 2.75) is 0 Å². The van der Waals surface area contributed by atoms with Crippen molar-refractivity contribution in [1.29, 1.82) is 0 Å². The number of thiazole rings is 1. The number of halogens is 1. The zero-order valence-corrected chi connectivity index (χ0v) is 12.9. The summed E-state index contributed by atoms with van der Waals surface area (Å²) in [5.74, 6) is 1.12. The molecule has 0 aliphatic carbocycles. The third kappa shape index (κ3) is 4.32. The van der Waals surface area contributed by atoms with Crippen LogP contribution in [0.4, 0.5) is 0 Å². The fourth-order valence-corrected chi connectivity index (χ4v) is 2.50. The third-order valence-electron chi connectivity index (χ3n) is 2.51. The number of rotatable bonds is 5. The zero-order chi connectivity index (χ0) is 15.9. The minimum absolute atomic E-state index is 0.0893. The summed E-state index contributed by atoms with van der Waals surface area (Å²) in [4.78, 5) is 27.3. The van der Waals surface area contributed by atoms with Gasteiger partial charge in [0.25, 0.3) is 5.91 Å². The van der Waals surface area contributed by atoms with Crippen molar-refractivity contribution < 1.29 is 14.3 Å². The number of hydrogen-bond donors (Lipinski definition) is 1. The number of carbonyl (C=O) groups is 2. The van der Waals surface area contributed by atoms with Crippen molar-refractivity contribution in [1.82, 2.24) is 10.3 Å². The molecule has 2 rings (SSSR count). The molecule has 0 saturated carbocycles. The van der Waals surface area contributed by atoms with Crippen molar-refractivity contribution in [3.05, 3.63) is 40.4 Å². The molecule has 0 atom stereocenters. The summed E-state index contributed by atoms with van der Waals surface area (Å²) in [6.45, 7) is -0.309. The van der Waals surface area contributed by atoms with Gasteiger partial charge in [-0.25, -0.2) is 9.78 Å². The Bertz CT molecular complexity index is 736. The molecule has 0 fully saturated rings. The van der Waals surface area contributed by atoms with E-state index in [0.29, 0.717) is 10.0 Å². The first kappa shape index (κ1) is 16.0. The van der Waals surface area contributed by atoms with Gasteiger partial charge in [-0.15, -0.1) is 17.8 Å². The van der Waals surface area contributed by atoms with Crippen LogP contribution in [-0.2, 0) is 9.53 Å². The van der Waals surface area contributed by atoms with Gasteiger partial charge >= 0.3 is 5.97 Å². The zero-order valence-electron chi connectivity index (χ0n) is 11.3. The van der Waals surface area contributed by atoms with Gasteiger partial charge < -0.3 is 10.1 Å². The second-order valence-electron chi connectivity index (χ2n) is 4.11. The van der Waals surface area contributed by atoms with Crippen LogP contribution in [0.25, 0.3) is 10.6 Å². The molecule has 112 valence electrons. The number of ether oxygens (including phenoxy) is 1. The first-order valence-corrected chi connectivity index (χ1v) is 7.44. The highest BCUT2D eigenvalue weighted by Gasteiger charge is 2.14. The molecule has 0 unspecified atom stereocenters. The van der Waals surface area contributed by atoms with Crippen LogP contribution in [0.5, 0.6) is 0 Å². The van der Waals surface area contributed by atoms with Crippen LogP contribution >= 0.6 is 22.9 Å². The van der Waals surface area contributed by atoms with Gasteiger partial charge in [0.05, 0.1) is 6.54 Å². The Kier molecular flexibility index (Phi) is 5.53. The molecule has 0 aliphatic rings. The van der Waals surface area contributed by atoms with Gasteiger partial charge in [-0.05, 0) is 12.1 Å². The summed E-state index contributed by atoms with van der Waals surface area (Å²) in [5, 5.41) is 5.19. The Hall–Kier alpha value is -2.36. The molecule has 1 amide bonds. The van der Waals surface area contributed by atoms with E-state index in [-0.39, 0.29) is 12.2 Å². The number of hydrogen-bond acceptors (Lipinski definition) is 5. The second-order valence-corrected chi connectivity index (χ2v) is 5.40. The molecule has 1 aromatic heterocycles. The van der Waals surface area contributed by atoms with E-state index in [1.807, 2.05) is 6.07 Å². The van der Waals surface area contributed by atoms with Gasteiger partial charge in [-0.2, -0.15) is 0 Å². The van der Waals surface area contributed by atoms with Crippen molar-refractivity contribution >= 4 is 34.8 Å². The molecule has 7 heteroatoms. The molecule has 22 heavy (non-hydrogen) atoms. The summed E-state index contributed by atoms with van der Waals surface area (Å²) in [6.07, 6.45) is 5.00. The molecule has 0 spiro atoms. The first-order chi connectivity index (χ1) is 10.6. The van der Waals surface area contributed by atoms with Gasteiger partial charge in [-0.1, -0.05) is 29.7 Å². The molecule has 2 aromatic rings. The fraction of sp³-hybridized carbons (Fsp3) is 0.133. The van der Waals surface area contributed by atoms with Crippen LogP contribution in [0, 0.1) is 12.3 Å². The van der Waals surface area contributed by atoms with E-state index < -0.39 is 18.5 Å². The summed E-state index contributed by atoms with van der Waals surface area (Å²) < 4.78 is 4.86. The van der Waals surface area contributed by atoms with E-state index in [1.54, 1.807) is 23.6 Å². The van der Waals surface area contributed by atoms with E-state index in [0.717, 1.165) is 5.56 Å². The SMILES string of the molecule is C#CCNC(=O)COC(=O)c1csc(-c2cccc(Cl)c2)n1. The maximum atomic E-state index is 11.8. The predicted octanol–water partition coefficient (Wildman–Crippen LogP) is 2.37. The molecule has 1 N–H and O–H groups in total. The number of nitrogens with one attached hydrogen (secondary N) is 1. The third-order valence-corrected chi connectivity index (χ3v) is 3.63. The first-order valence-electron chi connectivity index (χ1n) is 6.19. The van der Waals surface area contributed by atoms with E-state index in [2.05, 4.69) is 16.2 Å². The average Bonchev–Trinajstić information content (AvgIpc) is 3.00. The lowest BCUT2D eigenvalue weighted by atomic mass is 10.2. The number of carbonyl (C=O) groups excluding carboxylic acids is 2. The standard InChI is InChI=1S/C15H11ClN2O3S/c1-2-6-17-13(19)8-21-15(20)12-9-22-14(18-12)10-4-3-5-11(16)7-10/h1,3-5,7,9H,6,8H2,(H,17,19). The van der Waals surface area contributed by atoms with E-state index in [1.165, 1.54) is 11.3 Å². The fourth-order valence-electron chi connectivity index (χ4n) is 1.53. The highest BCUT2D eigenvalue weighted by molar-refractivity contribution is 7.13. The molecule has 0 radical (unpaired) electrons. The van der Waals surface area contributed by atoms with Crippen molar-refractivity contribution in [3.63, 3.8) is 0 Å². The van der Waals surface area contributed by atoms with Gasteiger partial charge in [0, 0.05) is 16.0 Å². The summed E-state index contributed by atoms with van der Waals surface area (Å²) in [5.41, 5.74) is 0.952. The highest BCUT2D eigenvalue weighted by atomic mass is 35.5. The average molecular weight is 335 g/mol. The van der Waals surface area contributed by atoms with Crippen molar-refractivity contribution in [2.75, 3.05) is 13.2 Å². The monoisotopic (exact) mass is 334 g/mol. The Labute approximate surface area is 136 Å². The number of aromatic nitrogens is 1. The van der Waals surface area contributed by atoms with Gasteiger partial charge in [0.2, 0.25) is 0 Å². The van der Waals surface area contributed by atoms with Gasteiger partial charge in [0.15, 0.2) is 12.3 Å².